The zero-order valence-corrected chi connectivity index (χ0v) is 17.8. The monoisotopic (exact) mass is 430 g/mol. The predicted octanol–water partition coefficient (Wildman–Crippen LogP) is 2.67. The first-order valence-electron chi connectivity index (χ1n) is 10.1. The van der Waals surface area contributed by atoms with Gasteiger partial charge in [0.05, 0.1) is 14.2 Å². The van der Waals surface area contributed by atoms with Gasteiger partial charge in [-0.3, -0.25) is 9.59 Å². The van der Waals surface area contributed by atoms with E-state index >= 15 is 0 Å². The topological polar surface area (TPSA) is 68.3 Å². The molecule has 0 radical (unpaired) electrons. The van der Waals surface area contributed by atoms with Gasteiger partial charge in [-0.2, -0.15) is 0 Å². The first-order valence-corrected chi connectivity index (χ1v) is 10.1. The molecule has 3 rings (SSSR count). The molecule has 31 heavy (non-hydrogen) atoms. The highest BCUT2D eigenvalue weighted by Gasteiger charge is 2.22. The van der Waals surface area contributed by atoms with Gasteiger partial charge in [0.15, 0.2) is 6.61 Å². The Hall–Kier alpha value is -3.29. The molecular formula is C23H27FN2O5. The van der Waals surface area contributed by atoms with Crippen LogP contribution in [0.25, 0.3) is 0 Å². The fraction of sp³-hybridized carbons (Fsp3) is 0.391. The Balaban J connectivity index is 1.40. The van der Waals surface area contributed by atoms with E-state index < -0.39 is 5.97 Å². The number of carbonyl (C=O) groups excluding carboxylic acids is 2. The van der Waals surface area contributed by atoms with Crippen LogP contribution in [0.2, 0.25) is 0 Å². The van der Waals surface area contributed by atoms with E-state index in [0.717, 1.165) is 11.3 Å². The van der Waals surface area contributed by atoms with E-state index in [0.29, 0.717) is 44.1 Å². The number of esters is 1. The fourth-order valence-electron chi connectivity index (χ4n) is 3.43. The molecule has 8 heteroatoms. The van der Waals surface area contributed by atoms with E-state index in [-0.39, 0.29) is 24.8 Å². The van der Waals surface area contributed by atoms with Crippen LogP contribution in [0.1, 0.15) is 12.0 Å². The second-order valence-electron chi connectivity index (χ2n) is 7.23. The lowest BCUT2D eigenvalue weighted by Gasteiger charge is -2.36. The highest BCUT2D eigenvalue weighted by atomic mass is 19.1. The van der Waals surface area contributed by atoms with Crippen LogP contribution >= 0.6 is 0 Å². The Morgan fingerprint density at radius 3 is 2.13 bits per heavy atom. The Labute approximate surface area is 181 Å². The van der Waals surface area contributed by atoms with Crippen molar-refractivity contribution in [2.24, 2.45) is 0 Å². The Morgan fingerprint density at radius 1 is 0.935 bits per heavy atom. The highest BCUT2D eigenvalue weighted by molar-refractivity contribution is 5.81. The Bertz CT molecular complexity index is 873. The summed E-state index contributed by atoms with van der Waals surface area (Å²) in [7, 11) is 3.13. The maximum Gasteiger partial charge on any atom is 0.306 e. The zero-order chi connectivity index (χ0) is 22.2. The number of piperazine rings is 1. The molecule has 1 saturated heterocycles. The third-order valence-electron chi connectivity index (χ3n) is 5.21. The van der Waals surface area contributed by atoms with E-state index in [2.05, 4.69) is 4.90 Å². The molecule has 1 heterocycles. The summed E-state index contributed by atoms with van der Waals surface area (Å²) >= 11 is 0. The van der Waals surface area contributed by atoms with Crippen molar-refractivity contribution >= 4 is 17.6 Å². The van der Waals surface area contributed by atoms with Gasteiger partial charge in [-0.05, 0) is 48.4 Å². The number of rotatable bonds is 8. The maximum atomic E-state index is 13.1. The summed E-state index contributed by atoms with van der Waals surface area (Å²) in [5.41, 5.74) is 1.81. The molecule has 0 unspecified atom stereocenters. The van der Waals surface area contributed by atoms with Gasteiger partial charge < -0.3 is 24.0 Å². The molecule has 1 amide bonds. The van der Waals surface area contributed by atoms with Crippen LogP contribution in [0.5, 0.6) is 11.5 Å². The lowest BCUT2D eigenvalue weighted by atomic mass is 10.1. The summed E-state index contributed by atoms with van der Waals surface area (Å²) in [6, 6.07) is 11.7. The average molecular weight is 430 g/mol. The molecule has 2 aromatic rings. The first-order chi connectivity index (χ1) is 15.0. The summed E-state index contributed by atoms with van der Waals surface area (Å²) in [4.78, 5) is 28.2. The van der Waals surface area contributed by atoms with Crippen molar-refractivity contribution in [2.45, 2.75) is 12.8 Å². The molecule has 2 aromatic carbocycles. The molecule has 0 aromatic heterocycles. The van der Waals surface area contributed by atoms with Crippen molar-refractivity contribution < 1.29 is 28.2 Å². The van der Waals surface area contributed by atoms with Crippen LogP contribution < -0.4 is 14.4 Å². The van der Waals surface area contributed by atoms with Crippen LogP contribution in [-0.2, 0) is 20.7 Å². The molecule has 166 valence electrons. The number of halogens is 1. The van der Waals surface area contributed by atoms with E-state index in [1.54, 1.807) is 37.3 Å². The van der Waals surface area contributed by atoms with Crippen molar-refractivity contribution in [3.05, 3.63) is 53.8 Å². The Kier molecular flexibility index (Phi) is 7.70. The van der Waals surface area contributed by atoms with Crippen molar-refractivity contribution in [1.82, 2.24) is 4.90 Å². The van der Waals surface area contributed by atoms with Crippen molar-refractivity contribution in [2.75, 3.05) is 51.9 Å². The molecular weight excluding hydrogens is 403 g/mol. The summed E-state index contributed by atoms with van der Waals surface area (Å²) < 4.78 is 28.7. The lowest BCUT2D eigenvalue weighted by Crippen LogP contribution is -2.49. The van der Waals surface area contributed by atoms with Crippen molar-refractivity contribution in [3.63, 3.8) is 0 Å². The summed E-state index contributed by atoms with van der Waals surface area (Å²) in [6.07, 6.45) is 0.610. The minimum atomic E-state index is -0.430. The van der Waals surface area contributed by atoms with E-state index in [4.69, 9.17) is 14.2 Å². The van der Waals surface area contributed by atoms with Crippen LogP contribution in [-0.4, -0.2) is 63.8 Å². The number of aryl methyl sites for hydroxylation is 1. The van der Waals surface area contributed by atoms with Crippen LogP contribution in [0.15, 0.2) is 42.5 Å². The van der Waals surface area contributed by atoms with Gasteiger partial charge in [-0.25, -0.2) is 4.39 Å². The third-order valence-corrected chi connectivity index (χ3v) is 5.21. The summed E-state index contributed by atoms with van der Waals surface area (Å²) in [5.74, 6) is 0.385. The van der Waals surface area contributed by atoms with Gasteiger partial charge in [0.2, 0.25) is 0 Å². The second-order valence-corrected chi connectivity index (χ2v) is 7.23. The van der Waals surface area contributed by atoms with Gasteiger partial charge in [0.25, 0.3) is 5.91 Å². The van der Waals surface area contributed by atoms with E-state index in [1.807, 2.05) is 12.1 Å². The van der Waals surface area contributed by atoms with Gasteiger partial charge in [-0.15, -0.1) is 0 Å². The molecule has 1 aliphatic rings. The van der Waals surface area contributed by atoms with Crippen LogP contribution in [0, 0.1) is 5.82 Å². The molecule has 7 nitrogen and oxygen atoms in total. The van der Waals surface area contributed by atoms with Gasteiger partial charge in [0, 0.05) is 44.4 Å². The lowest BCUT2D eigenvalue weighted by molar-refractivity contribution is -0.152. The standard InChI is InChI=1S/C23H27FN2O5/c1-29-20-13-17(14-21(15-20)30-2)3-8-23(28)31-16-22(27)26-11-9-25(10-12-26)19-6-4-18(24)5-7-19/h4-7,13-15H,3,8-12,16H2,1-2H3. The summed E-state index contributed by atoms with van der Waals surface area (Å²) in [5, 5.41) is 0. The van der Waals surface area contributed by atoms with Gasteiger partial charge >= 0.3 is 5.97 Å². The third kappa shape index (κ3) is 6.34. The first kappa shape index (κ1) is 22.4. The fourth-order valence-corrected chi connectivity index (χ4v) is 3.43. The molecule has 1 fully saturated rings. The number of ether oxygens (including phenoxy) is 3. The average Bonchev–Trinajstić information content (AvgIpc) is 2.81. The van der Waals surface area contributed by atoms with E-state index in [9.17, 15) is 14.0 Å². The number of methoxy groups -OCH3 is 2. The molecule has 0 bridgehead atoms. The van der Waals surface area contributed by atoms with Crippen molar-refractivity contribution in [1.29, 1.82) is 0 Å². The number of hydrogen-bond acceptors (Lipinski definition) is 6. The van der Waals surface area contributed by atoms with Crippen LogP contribution in [0.4, 0.5) is 10.1 Å². The number of benzene rings is 2. The quantitative estimate of drug-likeness (QED) is 0.600. The smallest absolute Gasteiger partial charge is 0.306 e. The number of hydrogen-bond donors (Lipinski definition) is 0. The molecule has 0 spiro atoms. The number of anilines is 1. The zero-order valence-electron chi connectivity index (χ0n) is 17.8. The molecule has 0 atom stereocenters. The second kappa shape index (κ2) is 10.7. The van der Waals surface area contributed by atoms with Crippen molar-refractivity contribution in [3.8, 4) is 11.5 Å². The summed E-state index contributed by atoms with van der Waals surface area (Å²) in [6.45, 7) is 2.07. The largest absolute Gasteiger partial charge is 0.497 e. The predicted molar refractivity (Wildman–Crippen MR) is 114 cm³/mol. The van der Waals surface area contributed by atoms with Crippen LogP contribution in [0.3, 0.4) is 0 Å². The SMILES string of the molecule is COc1cc(CCC(=O)OCC(=O)N2CCN(c3ccc(F)cc3)CC2)cc(OC)c1. The normalized spacial score (nSPS) is 13.6. The molecule has 0 aliphatic carbocycles. The number of nitrogens with zero attached hydrogens (tertiary/aromatic N) is 2. The molecule has 0 saturated carbocycles. The minimum Gasteiger partial charge on any atom is -0.497 e. The minimum absolute atomic E-state index is 0.155. The number of carbonyl (C=O) groups is 2. The van der Waals surface area contributed by atoms with Gasteiger partial charge in [0.1, 0.15) is 17.3 Å². The van der Waals surface area contributed by atoms with Gasteiger partial charge in [-0.1, -0.05) is 0 Å². The number of amides is 1. The molecule has 1 aliphatic heterocycles. The highest BCUT2D eigenvalue weighted by Crippen LogP contribution is 2.23. The Morgan fingerprint density at radius 2 is 1.55 bits per heavy atom. The van der Waals surface area contributed by atoms with E-state index in [1.165, 1.54) is 12.1 Å². The maximum absolute atomic E-state index is 13.1. The molecule has 0 N–H and O–H groups in total.